The fourth-order valence-corrected chi connectivity index (χ4v) is 2.16. The second kappa shape index (κ2) is 5.98. The number of fused-ring (bicyclic) bond motifs is 1. The first kappa shape index (κ1) is 13.1. The molecule has 0 spiro atoms. The number of aliphatic hydroxyl groups excluding tert-OH is 1. The topological polar surface area (TPSA) is 50.1 Å². The Hall–Kier alpha value is -1.39. The molecule has 0 aliphatic heterocycles. The number of aromatic nitrogens is 2. The maximum atomic E-state index is 9.52. The highest BCUT2D eigenvalue weighted by Gasteiger charge is 2.10. The zero-order valence-electron chi connectivity index (χ0n) is 11.1. The van der Waals surface area contributed by atoms with Gasteiger partial charge in [0, 0.05) is 30.9 Å². The van der Waals surface area contributed by atoms with Gasteiger partial charge in [-0.25, -0.2) is 4.98 Å². The number of hydrogen-bond donors (Lipinski definition) is 2. The van der Waals surface area contributed by atoms with Gasteiger partial charge < -0.3 is 15.0 Å². The smallest absolute Gasteiger partial charge is 0.140 e. The van der Waals surface area contributed by atoms with E-state index in [1.807, 2.05) is 10.6 Å². The lowest BCUT2D eigenvalue weighted by Gasteiger charge is -2.06. The zero-order valence-corrected chi connectivity index (χ0v) is 11.1. The number of nitrogens with one attached hydrogen (secondary N) is 1. The van der Waals surface area contributed by atoms with Gasteiger partial charge in [0.25, 0.3) is 0 Å². The molecule has 4 nitrogen and oxygen atoms in total. The molecule has 2 rings (SSSR count). The van der Waals surface area contributed by atoms with Crippen LogP contribution in [0.5, 0.6) is 0 Å². The Morgan fingerprint density at radius 2 is 2.33 bits per heavy atom. The summed E-state index contributed by atoms with van der Waals surface area (Å²) in [5, 5.41) is 14.1. The summed E-state index contributed by atoms with van der Waals surface area (Å²) >= 11 is 0. The SMILES string of the molecule is CCCNCc1cn(CC(C)O)c2ncccc12. The van der Waals surface area contributed by atoms with Crippen LogP contribution in [0.4, 0.5) is 0 Å². The molecule has 0 bridgehead atoms. The van der Waals surface area contributed by atoms with Crippen molar-refractivity contribution in [3.8, 4) is 0 Å². The van der Waals surface area contributed by atoms with Crippen LogP contribution in [-0.4, -0.2) is 27.3 Å². The summed E-state index contributed by atoms with van der Waals surface area (Å²) in [7, 11) is 0. The lowest BCUT2D eigenvalue weighted by molar-refractivity contribution is 0.175. The molecule has 0 amide bonds. The molecule has 0 aromatic carbocycles. The summed E-state index contributed by atoms with van der Waals surface area (Å²) in [5.74, 6) is 0. The Morgan fingerprint density at radius 1 is 1.50 bits per heavy atom. The van der Waals surface area contributed by atoms with Crippen molar-refractivity contribution in [3.63, 3.8) is 0 Å². The summed E-state index contributed by atoms with van der Waals surface area (Å²) in [6.07, 6.45) is 4.65. The lowest BCUT2D eigenvalue weighted by Crippen LogP contribution is -2.14. The molecule has 0 saturated heterocycles. The lowest BCUT2D eigenvalue weighted by atomic mass is 10.2. The minimum absolute atomic E-state index is 0.362. The molecule has 0 saturated carbocycles. The molecule has 0 radical (unpaired) electrons. The summed E-state index contributed by atoms with van der Waals surface area (Å²) in [6, 6.07) is 4.04. The Labute approximate surface area is 108 Å². The van der Waals surface area contributed by atoms with Crippen LogP contribution < -0.4 is 5.32 Å². The van der Waals surface area contributed by atoms with Gasteiger partial charge >= 0.3 is 0 Å². The standard InChI is InChI=1S/C14H21N3O/c1-3-6-15-8-12-10-17(9-11(2)18)14-13(12)5-4-7-16-14/h4-5,7,10-11,15,18H,3,6,8-9H2,1-2H3. The van der Waals surface area contributed by atoms with Crippen LogP contribution in [0.3, 0.4) is 0 Å². The van der Waals surface area contributed by atoms with E-state index in [9.17, 15) is 5.11 Å². The van der Waals surface area contributed by atoms with Gasteiger partial charge in [0.15, 0.2) is 0 Å². The quantitative estimate of drug-likeness (QED) is 0.767. The summed E-state index contributed by atoms with van der Waals surface area (Å²) in [5.41, 5.74) is 2.19. The highest BCUT2D eigenvalue weighted by Crippen LogP contribution is 2.19. The van der Waals surface area contributed by atoms with E-state index in [-0.39, 0.29) is 6.10 Å². The largest absolute Gasteiger partial charge is 0.392 e. The monoisotopic (exact) mass is 247 g/mol. The number of hydrogen-bond acceptors (Lipinski definition) is 3. The Kier molecular flexibility index (Phi) is 4.33. The second-order valence-electron chi connectivity index (χ2n) is 4.71. The van der Waals surface area contributed by atoms with Crippen molar-refractivity contribution in [2.75, 3.05) is 6.54 Å². The normalized spacial score (nSPS) is 13.1. The molecule has 1 unspecified atom stereocenters. The van der Waals surface area contributed by atoms with Gasteiger partial charge in [0.05, 0.1) is 6.10 Å². The average Bonchev–Trinajstić information content (AvgIpc) is 2.68. The van der Waals surface area contributed by atoms with E-state index in [1.165, 1.54) is 10.9 Å². The fraction of sp³-hybridized carbons (Fsp3) is 0.500. The van der Waals surface area contributed by atoms with Crippen LogP contribution in [-0.2, 0) is 13.1 Å². The number of aliphatic hydroxyl groups is 1. The fourth-order valence-electron chi connectivity index (χ4n) is 2.16. The van der Waals surface area contributed by atoms with Gasteiger partial charge in [0.2, 0.25) is 0 Å². The van der Waals surface area contributed by atoms with Gasteiger partial charge in [0.1, 0.15) is 5.65 Å². The van der Waals surface area contributed by atoms with Gasteiger partial charge in [-0.15, -0.1) is 0 Å². The Balaban J connectivity index is 2.29. The van der Waals surface area contributed by atoms with Crippen LogP contribution in [0.2, 0.25) is 0 Å². The first-order valence-electron chi connectivity index (χ1n) is 6.54. The molecule has 0 fully saturated rings. The molecule has 0 aliphatic carbocycles. The molecule has 98 valence electrons. The molecule has 2 heterocycles. The van der Waals surface area contributed by atoms with Crippen molar-refractivity contribution in [3.05, 3.63) is 30.1 Å². The van der Waals surface area contributed by atoms with Gasteiger partial charge in [-0.2, -0.15) is 0 Å². The number of rotatable bonds is 6. The minimum atomic E-state index is -0.362. The zero-order chi connectivity index (χ0) is 13.0. The van der Waals surface area contributed by atoms with E-state index < -0.39 is 0 Å². The van der Waals surface area contributed by atoms with Crippen LogP contribution >= 0.6 is 0 Å². The van der Waals surface area contributed by atoms with E-state index >= 15 is 0 Å². The summed E-state index contributed by atoms with van der Waals surface area (Å²) in [4.78, 5) is 4.41. The molecule has 4 heteroatoms. The Morgan fingerprint density at radius 3 is 3.06 bits per heavy atom. The number of pyridine rings is 1. The molecule has 2 N–H and O–H groups in total. The van der Waals surface area contributed by atoms with Gasteiger partial charge in [-0.05, 0) is 37.6 Å². The van der Waals surface area contributed by atoms with Crippen molar-refractivity contribution in [1.29, 1.82) is 0 Å². The van der Waals surface area contributed by atoms with Crippen LogP contribution in [0.1, 0.15) is 25.8 Å². The maximum Gasteiger partial charge on any atom is 0.140 e. The van der Waals surface area contributed by atoms with E-state index in [4.69, 9.17) is 0 Å². The van der Waals surface area contributed by atoms with E-state index in [2.05, 4.69) is 29.5 Å². The predicted octanol–water partition coefficient (Wildman–Crippen LogP) is 1.92. The molecule has 2 aromatic rings. The van der Waals surface area contributed by atoms with Crippen molar-refractivity contribution < 1.29 is 5.11 Å². The van der Waals surface area contributed by atoms with E-state index in [1.54, 1.807) is 13.1 Å². The molecule has 18 heavy (non-hydrogen) atoms. The average molecular weight is 247 g/mol. The first-order valence-corrected chi connectivity index (χ1v) is 6.54. The summed E-state index contributed by atoms with van der Waals surface area (Å²) in [6.45, 7) is 6.41. The predicted molar refractivity (Wildman–Crippen MR) is 73.4 cm³/mol. The Bertz CT molecular complexity index is 505. The molecular formula is C14H21N3O. The highest BCUT2D eigenvalue weighted by atomic mass is 16.3. The third-order valence-corrected chi connectivity index (χ3v) is 2.92. The van der Waals surface area contributed by atoms with Gasteiger partial charge in [-0.1, -0.05) is 6.92 Å². The number of nitrogens with zero attached hydrogens (tertiary/aromatic N) is 2. The second-order valence-corrected chi connectivity index (χ2v) is 4.71. The van der Waals surface area contributed by atoms with Crippen LogP contribution in [0.25, 0.3) is 11.0 Å². The van der Waals surface area contributed by atoms with Gasteiger partial charge in [-0.3, -0.25) is 0 Å². The molecule has 2 aromatic heterocycles. The van der Waals surface area contributed by atoms with Crippen molar-refractivity contribution in [2.24, 2.45) is 0 Å². The van der Waals surface area contributed by atoms with E-state index in [0.29, 0.717) is 6.54 Å². The van der Waals surface area contributed by atoms with Crippen LogP contribution in [0.15, 0.2) is 24.5 Å². The summed E-state index contributed by atoms with van der Waals surface area (Å²) < 4.78 is 2.03. The third-order valence-electron chi connectivity index (χ3n) is 2.92. The van der Waals surface area contributed by atoms with Crippen LogP contribution in [0, 0.1) is 0 Å². The molecule has 0 aliphatic rings. The van der Waals surface area contributed by atoms with Crippen molar-refractivity contribution >= 4 is 11.0 Å². The van der Waals surface area contributed by atoms with Crippen molar-refractivity contribution in [1.82, 2.24) is 14.9 Å². The highest BCUT2D eigenvalue weighted by molar-refractivity contribution is 5.80. The minimum Gasteiger partial charge on any atom is -0.392 e. The van der Waals surface area contributed by atoms with Crippen molar-refractivity contribution in [2.45, 2.75) is 39.5 Å². The third kappa shape index (κ3) is 2.89. The molecular weight excluding hydrogens is 226 g/mol. The maximum absolute atomic E-state index is 9.52. The first-order chi connectivity index (χ1) is 8.72. The molecule has 1 atom stereocenters. The van der Waals surface area contributed by atoms with E-state index in [0.717, 1.165) is 25.2 Å².